The van der Waals surface area contributed by atoms with Crippen LogP contribution in [0, 0.1) is 6.92 Å². The van der Waals surface area contributed by atoms with Crippen LogP contribution in [-0.2, 0) is 4.74 Å². The Labute approximate surface area is 79.2 Å². The maximum absolute atomic E-state index is 9.70. The molecule has 2 nitrogen and oxygen atoms in total. The molecule has 0 aliphatic rings. The third kappa shape index (κ3) is 3.17. The number of hydrogen-bond donors (Lipinski definition) is 1. The van der Waals surface area contributed by atoms with E-state index in [1.54, 1.807) is 7.11 Å². The molecular formula is C11H16O2. The van der Waals surface area contributed by atoms with E-state index in [-0.39, 0.29) is 0 Å². The first-order valence-corrected chi connectivity index (χ1v) is 4.47. The van der Waals surface area contributed by atoms with Crippen molar-refractivity contribution in [2.24, 2.45) is 0 Å². The van der Waals surface area contributed by atoms with Gasteiger partial charge in [-0.25, -0.2) is 0 Å². The van der Waals surface area contributed by atoms with Crippen molar-refractivity contribution in [3.8, 4) is 0 Å². The van der Waals surface area contributed by atoms with Crippen molar-refractivity contribution in [2.75, 3.05) is 13.7 Å². The van der Waals surface area contributed by atoms with Crippen LogP contribution in [0.2, 0.25) is 0 Å². The monoisotopic (exact) mass is 180 g/mol. The molecule has 72 valence electrons. The summed E-state index contributed by atoms with van der Waals surface area (Å²) >= 11 is 0. The molecule has 0 radical (unpaired) electrons. The molecule has 1 unspecified atom stereocenters. The number of aliphatic hydroxyl groups is 1. The number of aryl methyl sites for hydroxylation is 1. The van der Waals surface area contributed by atoms with Crippen LogP contribution in [0.5, 0.6) is 0 Å². The number of aliphatic hydroxyl groups excluding tert-OH is 1. The average molecular weight is 180 g/mol. The van der Waals surface area contributed by atoms with E-state index < -0.39 is 6.10 Å². The Hall–Kier alpha value is -0.860. The van der Waals surface area contributed by atoms with Crippen LogP contribution in [0.1, 0.15) is 23.7 Å². The van der Waals surface area contributed by atoms with Crippen molar-refractivity contribution in [1.29, 1.82) is 0 Å². The van der Waals surface area contributed by atoms with Gasteiger partial charge in [0.25, 0.3) is 0 Å². The van der Waals surface area contributed by atoms with Gasteiger partial charge in [0, 0.05) is 20.1 Å². The van der Waals surface area contributed by atoms with Crippen LogP contribution in [0.15, 0.2) is 24.3 Å². The molecule has 0 aliphatic carbocycles. The van der Waals surface area contributed by atoms with Crippen LogP contribution < -0.4 is 0 Å². The molecule has 0 spiro atoms. The fourth-order valence-corrected chi connectivity index (χ4v) is 1.27. The van der Waals surface area contributed by atoms with Gasteiger partial charge < -0.3 is 9.84 Å². The van der Waals surface area contributed by atoms with Crippen molar-refractivity contribution in [3.63, 3.8) is 0 Å². The van der Waals surface area contributed by atoms with Gasteiger partial charge in [0.05, 0.1) is 6.10 Å². The second-order valence-electron chi connectivity index (χ2n) is 3.21. The number of hydrogen-bond acceptors (Lipinski definition) is 2. The minimum absolute atomic E-state index is 0.403. The summed E-state index contributed by atoms with van der Waals surface area (Å²) in [5.41, 5.74) is 2.14. The zero-order valence-corrected chi connectivity index (χ0v) is 8.16. The Kier molecular flexibility index (Phi) is 3.93. The first-order valence-electron chi connectivity index (χ1n) is 4.47. The quantitative estimate of drug-likeness (QED) is 0.768. The molecule has 1 aromatic rings. The lowest BCUT2D eigenvalue weighted by atomic mass is 10.0. The van der Waals surface area contributed by atoms with Gasteiger partial charge in [0.15, 0.2) is 0 Å². The Morgan fingerprint density at radius 1 is 1.46 bits per heavy atom. The van der Waals surface area contributed by atoms with Crippen LogP contribution in [0.4, 0.5) is 0 Å². The van der Waals surface area contributed by atoms with Crippen molar-refractivity contribution >= 4 is 0 Å². The summed E-state index contributed by atoms with van der Waals surface area (Å²) in [4.78, 5) is 0. The molecule has 0 saturated heterocycles. The minimum Gasteiger partial charge on any atom is -0.388 e. The van der Waals surface area contributed by atoms with Crippen LogP contribution in [-0.4, -0.2) is 18.8 Å². The molecule has 2 heteroatoms. The Balaban J connectivity index is 2.60. The van der Waals surface area contributed by atoms with Gasteiger partial charge >= 0.3 is 0 Å². The van der Waals surface area contributed by atoms with Crippen molar-refractivity contribution < 1.29 is 9.84 Å². The summed E-state index contributed by atoms with van der Waals surface area (Å²) < 4.78 is 4.90. The molecule has 13 heavy (non-hydrogen) atoms. The summed E-state index contributed by atoms with van der Waals surface area (Å²) in [5, 5.41) is 9.70. The highest BCUT2D eigenvalue weighted by Crippen LogP contribution is 2.17. The third-order valence-electron chi connectivity index (χ3n) is 2.02. The highest BCUT2D eigenvalue weighted by Gasteiger charge is 2.06. The zero-order valence-electron chi connectivity index (χ0n) is 8.16. The normalized spacial score (nSPS) is 12.8. The van der Waals surface area contributed by atoms with Gasteiger partial charge in [-0.15, -0.1) is 0 Å². The summed E-state index contributed by atoms with van der Waals surface area (Å²) in [6.07, 6.45) is 0.250. The topological polar surface area (TPSA) is 29.5 Å². The molecule has 1 atom stereocenters. The number of rotatable bonds is 4. The first-order chi connectivity index (χ1) is 6.24. The van der Waals surface area contributed by atoms with Gasteiger partial charge in [-0.3, -0.25) is 0 Å². The lowest BCUT2D eigenvalue weighted by Gasteiger charge is -2.10. The molecule has 1 aromatic carbocycles. The Morgan fingerprint density at radius 3 is 2.85 bits per heavy atom. The summed E-state index contributed by atoms with van der Waals surface area (Å²) in [7, 11) is 1.64. The molecule has 0 amide bonds. The Morgan fingerprint density at radius 2 is 2.23 bits per heavy atom. The van der Waals surface area contributed by atoms with Crippen molar-refractivity contribution in [3.05, 3.63) is 35.4 Å². The fourth-order valence-electron chi connectivity index (χ4n) is 1.27. The maximum Gasteiger partial charge on any atom is 0.0812 e. The molecular weight excluding hydrogens is 164 g/mol. The Bertz CT molecular complexity index is 258. The van der Waals surface area contributed by atoms with E-state index in [0.717, 1.165) is 5.56 Å². The second-order valence-corrected chi connectivity index (χ2v) is 3.21. The summed E-state index contributed by atoms with van der Waals surface area (Å²) in [6, 6.07) is 7.92. The standard InChI is InChI=1S/C11H16O2/c1-9-4-3-5-10(8-9)11(12)6-7-13-2/h3-5,8,11-12H,6-7H2,1-2H3. The SMILES string of the molecule is COCCC(O)c1cccc(C)c1. The predicted molar refractivity (Wildman–Crippen MR) is 52.6 cm³/mol. The van der Waals surface area contributed by atoms with E-state index in [1.165, 1.54) is 5.56 Å². The highest BCUT2D eigenvalue weighted by molar-refractivity contribution is 5.23. The predicted octanol–water partition coefficient (Wildman–Crippen LogP) is 2.06. The van der Waals surface area contributed by atoms with Crippen LogP contribution in [0.3, 0.4) is 0 Å². The van der Waals surface area contributed by atoms with Gasteiger partial charge in [-0.05, 0) is 12.5 Å². The van der Waals surface area contributed by atoms with Gasteiger partial charge in [0.2, 0.25) is 0 Å². The molecule has 0 heterocycles. The molecule has 0 saturated carbocycles. The first kappa shape index (κ1) is 10.2. The van der Waals surface area contributed by atoms with Gasteiger partial charge in [0.1, 0.15) is 0 Å². The number of methoxy groups -OCH3 is 1. The molecule has 0 aromatic heterocycles. The van der Waals surface area contributed by atoms with E-state index in [1.807, 2.05) is 31.2 Å². The third-order valence-corrected chi connectivity index (χ3v) is 2.02. The van der Waals surface area contributed by atoms with E-state index in [4.69, 9.17) is 4.74 Å². The van der Waals surface area contributed by atoms with E-state index in [9.17, 15) is 5.11 Å². The number of benzene rings is 1. The van der Waals surface area contributed by atoms with Gasteiger partial charge in [-0.1, -0.05) is 29.8 Å². The summed E-state index contributed by atoms with van der Waals surface area (Å²) in [5.74, 6) is 0. The van der Waals surface area contributed by atoms with Crippen molar-refractivity contribution in [2.45, 2.75) is 19.4 Å². The van der Waals surface area contributed by atoms with Crippen molar-refractivity contribution in [1.82, 2.24) is 0 Å². The molecule has 0 aliphatic heterocycles. The molecule has 1 rings (SSSR count). The van der Waals surface area contributed by atoms with Crippen LogP contribution >= 0.6 is 0 Å². The second kappa shape index (κ2) is 5.00. The largest absolute Gasteiger partial charge is 0.388 e. The molecule has 0 fully saturated rings. The number of ether oxygens (including phenoxy) is 1. The van der Waals surface area contributed by atoms with E-state index >= 15 is 0 Å². The summed E-state index contributed by atoms with van der Waals surface area (Å²) in [6.45, 7) is 2.61. The van der Waals surface area contributed by atoms with Gasteiger partial charge in [-0.2, -0.15) is 0 Å². The maximum atomic E-state index is 9.70. The highest BCUT2D eigenvalue weighted by atomic mass is 16.5. The molecule has 1 N–H and O–H groups in total. The van der Waals surface area contributed by atoms with Crippen LogP contribution in [0.25, 0.3) is 0 Å². The smallest absolute Gasteiger partial charge is 0.0812 e. The minimum atomic E-state index is -0.403. The van der Waals surface area contributed by atoms with E-state index in [2.05, 4.69) is 0 Å². The lowest BCUT2D eigenvalue weighted by molar-refractivity contribution is 0.110. The average Bonchev–Trinajstić information content (AvgIpc) is 2.14. The fraction of sp³-hybridized carbons (Fsp3) is 0.455. The van der Waals surface area contributed by atoms with E-state index in [0.29, 0.717) is 13.0 Å². The molecule has 0 bridgehead atoms. The zero-order chi connectivity index (χ0) is 9.68. The lowest BCUT2D eigenvalue weighted by Crippen LogP contribution is -2.01.